The summed E-state index contributed by atoms with van der Waals surface area (Å²) < 4.78 is 4.94. The number of aryl methyl sites for hydroxylation is 1. The normalized spacial score (nSPS) is 10.4. The molecule has 132 valence electrons. The van der Waals surface area contributed by atoms with Crippen molar-refractivity contribution in [1.29, 1.82) is 0 Å². The Bertz CT molecular complexity index is 919. The van der Waals surface area contributed by atoms with E-state index in [-0.39, 0.29) is 11.7 Å². The maximum Gasteiger partial charge on any atom is 0.294 e. The lowest BCUT2D eigenvalue weighted by Crippen LogP contribution is -2.26. The molecule has 0 aliphatic carbocycles. The SMILES string of the molecule is Cc1cc(C(=O)Nc2cccc(C(=O)N(C)Cc3ccccc3)c2)on1. The average Bonchev–Trinajstić information content (AvgIpc) is 3.09. The number of amides is 2. The molecule has 0 saturated carbocycles. The summed E-state index contributed by atoms with van der Waals surface area (Å²) in [7, 11) is 1.75. The molecule has 1 heterocycles. The van der Waals surface area contributed by atoms with Crippen LogP contribution in [0.15, 0.2) is 65.2 Å². The fourth-order valence-corrected chi connectivity index (χ4v) is 2.54. The zero-order chi connectivity index (χ0) is 18.5. The van der Waals surface area contributed by atoms with Gasteiger partial charge in [0.05, 0.1) is 5.69 Å². The predicted molar refractivity (Wildman–Crippen MR) is 97.9 cm³/mol. The van der Waals surface area contributed by atoms with E-state index in [4.69, 9.17) is 4.52 Å². The first kappa shape index (κ1) is 17.4. The van der Waals surface area contributed by atoms with Gasteiger partial charge in [-0.05, 0) is 30.7 Å². The second kappa shape index (κ2) is 7.65. The number of carbonyl (C=O) groups is 2. The van der Waals surface area contributed by atoms with Crippen molar-refractivity contribution in [2.45, 2.75) is 13.5 Å². The van der Waals surface area contributed by atoms with E-state index in [1.807, 2.05) is 30.3 Å². The lowest BCUT2D eigenvalue weighted by Gasteiger charge is -2.17. The van der Waals surface area contributed by atoms with E-state index < -0.39 is 5.91 Å². The van der Waals surface area contributed by atoms with Crippen LogP contribution in [0, 0.1) is 6.92 Å². The third-order valence-corrected chi connectivity index (χ3v) is 3.83. The number of rotatable bonds is 5. The van der Waals surface area contributed by atoms with Gasteiger partial charge in [0.2, 0.25) is 5.76 Å². The highest BCUT2D eigenvalue weighted by Gasteiger charge is 2.15. The van der Waals surface area contributed by atoms with Crippen molar-refractivity contribution in [3.8, 4) is 0 Å². The molecule has 0 spiro atoms. The van der Waals surface area contributed by atoms with Crippen LogP contribution in [0.5, 0.6) is 0 Å². The zero-order valence-electron chi connectivity index (χ0n) is 14.6. The van der Waals surface area contributed by atoms with Crippen LogP contribution < -0.4 is 5.32 Å². The molecule has 0 radical (unpaired) electrons. The van der Waals surface area contributed by atoms with E-state index in [0.717, 1.165) is 5.56 Å². The molecule has 0 aliphatic rings. The van der Waals surface area contributed by atoms with Gasteiger partial charge < -0.3 is 14.7 Å². The Balaban J connectivity index is 1.70. The lowest BCUT2D eigenvalue weighted by molar-refractivity contribution is 0.0784. The molecule has 0 aliphatic heterocycles. The predicted octanol–water partition coefficient (Wildman–Crippen LogP) is 3.51. The van der Waals surface area contributed by atoms with Gasteiger partial charge in [0.15, 0.2) is 0 Å². The first-order chi connectivity index (χ1) is 12.5. The van der Waals surface area contributed by atoms with Gasteiger partial charge in [0.25, 0.3) is 11.8 Å². The first-order valence-corrected chi connectivity index (χ1v) is 8.17. The van der Waals surface area contributed by atoms with Crippen LogP contribution in [0.25, 0.3) is 0 Å². The number of nitrogens with zero attached hydrogens (tertiary/aromatic N) is 2. The number of aromatic nitrogens is 1. The minimum atomic E-state index is -0.409. The van der Waals surface area contributed by atoms with Gasteiger partial charge in [-0.15, -0.1) is 0 Å². The van der Waals surface area contributed by atoms with Crippen LogP contribution in [-0.2, 0) is 6.54 Å². The standard InChI is InChI=1S/C20H19N3O3/c1-14-11-18(26-22-14)19(24)21-17-10-6-9-16(12-17)20(25)23(2)13-15-7-4-3-5-8-15/h3-12H,13H2,1-2H3,(H,21,24). The molecular formula is C20H19N3O3. The second-order valence-electron chi connectivity index (χ2n) is 6.01. The molecule has 6 heteroatoms. The summed E-state index contributed by atoms with van der Waals surface area (Å²) >= 11 is 0. The van der Waals surface area contributed by atoms with E-state index in [2.05, 4.69) is 10.5 Å². The highest BCUT2D eigenvalue weighted by molar-refractivity contribution is 6.03. The molecule has 2 aromatic carbocycles. The summed E-state index contributed by atoms with van der Waals surface area (Å²) in [6.45, 7) is 2.25. The Labute approximate surface area is 151 Å². The number of anilines is 1. The molecule has 0 unspecified atom stereocenters. The Morgan fingerprint density at radius 2 is 1.85 bits per heavy atom. The van der Waals surface area contributed by atoms with Crippen LogP contribution >= 0.6 is 0 Å². The van der Waals surface area contributed by atoms with E-state index in [1.165, 1.54) is 0 Å². The quantitative estimate of drug-likeness (QED) is 0.765. The third-order valence-electron chi connectivity index (χ3n) is 3.83. The summed E-state index contributed by atoms with van der Waals surface area (Å²) in [6, 6.07) is 18.1. The smallest absolute Gasteiger partial charge is 0.294 e. The molecule has 1 N–H and O–H groups in total. The Morgan fingerprint density at radius 3 is 2.54 bits per heavy atom. The summed E-state index contributed by atoms with van der Waals surface area (Å²) in [5, 5.41) is 6.40. The highest BCUT2D eigenvalue weighted by Crippen LogP contribution is 2.15. The molecule has 0 saturated heterocycles. The molecule has 2 amide bonds. The number of hydrogen-bond acceptors (Lipinski definition) is 4. The van der Waals surface area contributed by atoms with Crippen molar-refractivity contribution in [2.24, 2.45) is 0 Å². The first-order valence-electron chi connectivity index (χ1n) is 8.17. The molecule has 3 rings (SSSR count). The summed E-state index contributed by atoms with van der Waals surface area (Å²) in [5.41, 5.74) is 2.69. The van der Waals surface area contributed by atoms with E-state index in [0.29, 0.717) is 23.5 Å². The van der Waals surface area contributed by atoms with Crippen molar-refractivity contribution in [3.05, 3.63) is 83.2 Å². The molecule has 26 heavy (non-hydrogen) atoms. The minimum Gasteiger partial charge on any atom is -0.351 e. The van der Waals surface area contributed by atoms with Gasteiger partial charge in [-0.25, -0.2) is 0 Å². The number of hydrogen-bond donors (Lipinski definition) is 1. The van der Waals surface area contributed by atoms with Gasteiger partial charge >= 0.3 is 0 Å². The van der Waals surface area contributed by atoms with Gasteiger partial charge in [0, 0.05) is 30.9 Å². The Kier molecular flexibility index (Phi) is 5.12. The zero-order valence-corrected chi connectivity index (χ0v) is 14.6. The largest absolute Gasteiger partial charge is 0.351 e. The molecule has 1 aromatic heterocycles. The van der Waals surface area contributed by atoms with Crippen molar-refractivity contribution >= 4 is 17.5 Å². The molecule has 6 nitrogen and oxygen atoms in total. The maximum atomic E-state index is 12.6. The van der Waals surface area contributed by atoms with Crippen molar-refractivity contribution < 1.29 is 14.1 Å². The maximum absolute atomic E-state index is 12.6. The summed E-state index contributed by atoms with van der Waals surface area (Å²) in [4.78, 5) is 26.4. The highest BCUT2D eigenvalue weighted by atomic mass is 16.5. The second-order valence-corrected chi connectivity index (χ2v) is 6.01. The van der Waals surface area contributed by atoms with Gasteiger partial charge in [-0.3, -0.25) is 9.59 Å². The average molecular weight is 349 g/mol. The lowest BCUT2D eigenvalue weighted by atomic mass is 10.1. The summed E-state index contributed by atoms with van der Waals surface area (Å²) in [5.74, 6) is -0.409. The van der Waals surface area contributed by atoms with Gasteiger partial charge in [0.1, 0.15) is 0 Å². The monoisotopic (exact) mass is 349 g/mol. The number of nitrogens with one attached hydrogen (secondary N) is 1. The molecule has 3 aromatic rings. The van der Waals surface area contributed by atoms with Crippen molar-refractivity contribution in [3.63, 3.8) is 0 Å². The fraction of sp³-hybridized carbons (Fsp3) is 0.150. The van der Waals surface area contributed by atoms with Crippen LogP contribution in [0.3, 0.4) is 0 Å². The van der Waals surface area contributed by atoms with Crippen molar-refractivity contribution in [2.75, 3.05) is 12.4 Å². The van der Waals surface area contributed by atoms with E-state index >= 15 is 0 Å². The van der Waals surface area contributed by atoms with Crippen LogP contribution in [-0.4, -0.2) is 28.9 Å². The minimum absolute atomic E-state index is 0.125. The fourth-order valence-electron chi connectivity index (χ4n) is 2.54. The van der Waals surface area contributed by atoms with E-state index in [1.54, 1.807) is 49.2 Å². The molecule has 0 fully saturated rings. The molecular weight excluding hydrogens is 330 g/mol. The molecule has 0 bridgehead atoms. The Hall–Kier alpha value is -3.41. The summed E-state index contributed by atoms with van der Waals surface area (Å²) in [6.07, 6.45) is 0. The van der Waals surface area contributed by atoms with E-state index in [9.17, 15) is 9.59 Å². The third kappa shape index (κ3) is 4.16. The van der Waals surface area contributed by atoms with Crippen LogP contribution in [0.2, 0.25) is 0 Å². The van der Waals surface area contributed by atoms with Gasteiger partial charge in [-0.1, -0.05) is 41.6 Å². The topological polar surface area (TPSA) is 75.4 Å². The number of carbonyl (C=O) groups excluding carboxylic acids is 2. The van der Waals surface area contributed by atoms with Crippen molar-refractivity contribution in [1.82, 2.24) is 10.1 Å². The number of benzene rings is 2. The molecule has 0 atom stereocenters. The van der Waals surface area contributed by atoms with Gasteiger partial charge in [-0.2, -0.15) is 0 Å². The Morgan fingerprint density at radius 1 is 1.08 bits per heavy atom. The van der Waals surface area contributed by atoms with Crippen LogP contribution in [0.4, 0.5) is 5.69 Å². The van der Waals surface area contributed by atoms with Crippen LogP contribution in [0.1, 0.15) is 32.2 Å².